The van der Waals surface area contributed by atoms with Crippen molar-refractivity contribution in [1.29, 1.82) is 0 Å². The Morgan fingerprint density at radius 2 is 0.519 bits per heavy atom. The van der Waals surface area contributed by atoms with Crippen molar-refractivity contribution in [3.63, 3.8) is 0 Å². The molecule has 4 amide bonds. The average Bonchev–Trinajstić information content (AvgIpc) is 3.16. The number of rotatable bonds is 0. The zero-order valence-corrected chi connectivity index (χ0v) is 28.1. The Bertz CT molecular complexity index is 1970. The van der Waals surface area contributed by atoms with Crippen LogP contribution in [0.15, 0.2) is 109 Å². The number of para-hydroxylation sites is 4. The third kappa shape index (κ3) is 7.34. The summed E-state index contributed by atoms with van der Waals surface area (Å²) in [5.41, 5.74) is 0.927. The van der Waals surface area contributed by atoms with Crippen LogP contribution in [-0.2, 0) is 0 Å². The smallest absolute Gasteiger partial charge is 0.257 e. The lowest BCUT2D eigenvalue weighted by Gasteiger charge is -2.26. The summed E-state index contributed by atoms with van der Waals surface area (Å²) in [7, 11) is 0. The molecule has 0 saturated carbocycles. The van der Waals surface area contributed by atoms with E-state index in [1.165, 1.54) is 60.7 Å². The number of anilines is 8. The van der Waals surface area contributed by atoms with Gasteiger partial charge in [-0.25, -0.2) is 0 Å². The minimum absolute atomic E-state index is 0.00710. The molecule has 0 aliphatic carbocycles. The molecule has 7 rings (SSSR count). The van der Waals surface area contributed by atoms with Crippen LogP contribution in [0.5, 0.6) is 0 Å². The molecule has 4 unspecified atom stereocenters. The second kappa shape index (κ2) is 14.9. The van der Waals surface area contributed by atoms with Crippen LogP contribution in [-0.4, -0.2) is 69.0 Å². The van der Waals surface area contributed by atoms with Gasteiger partial charge in [0, 0.05) is 22.7 Å². The number of hydrogen-bond donors (Lipinski definition) is 12. The van der Waals surface area contributed by atoms with Crippen LogP contribution in [0.25, 0.3) is 0 Å². The van der Waals surface area contributed by atoms with Gasteiger partial charge in [0.05, 0.1) is 45.0 Å². The monoisotopic (exact) mass is 730 g/mol. The molecule has 0 fully saturated rings. The number of hydrogen-bond acceptors (Lipinski definition) is 12. The largest absolute Gasteiger partial charge is 0.369 e. The highest BCUT2D eigenvalue weighted by atomic mass is 16.4. The Kier molecular flexibility index (Phi) is 9.80. The van der Waals surface area contributed by atoms with E-state index in [-0.39, 0.29) is 67.8 Å². The highest BCUT2D eigenvalue weighted by Gasteiger charge is 2.27. The van der Waals surface area contributed by atoms with E-state index in [9.17, 15) is 39.6 Å². The second-order valence-electron chi connectivity index (χ2n) is 12.3. The van der Waals surface area contributed by atoms with Crippen LogP contribution >= 0.6 is 0 Å². The molecule has 16 nitrogen and oxygen atoms in total. The number of carbonyl (C=O) groups is 4. The van der Waals surface area contributed by atoms with E-state index in [1.54, 1.807) is 48.5 Å². The lowest BCUT2D eigenvalue weighted by molar-refractivity contribution is 0.0554. The van der Waals surface area contributed by atoms with E-state index in [0.29, 0.717) is 0 Å². The molecule has 2 aliphatic heterocycles. The maximum atomic E-state index is 13.9. The molecule has 4 atom stereocenters. The van der Waals surface area contributed by atoms with Crippen LogP contribution in [0.1, 0.15) is 41.4 Å². The van der Waals surface area contributed by atoms with E-state index in [2.05, 4.69) is 42.5 Å². The fourth-order valence-corrected chi connectivity index (χ4v) is 5.95. The minimum atomic E-state index is -1.62. The molecule has 5 aromatic carbocycles. The quantitative estimate of drug-likeness (QED) is 0.109. The van der Waals surface area contributed by atoms with E-state index in [0.717, 1.165) is 0 Å². The number of aliphatic hydroxyl groups excluding tert-OH is 4. The molecule has 0 aromatic heterocycles. The van der Waals surface area contributed by atoms with Crippen molar-refractivity contribution in [2.45, 2.75) is 24.9 Å². The third-order valence-corrected chi connectivity index (χ3v) is 8.65. The summed E-state index contributed by atoms with van der Waals surface area (Å²) in [6.45, 7) is 0. The van der Waals surface area contributed by atoms with Gasteiger partial charge in [-0.2, -0.15) is 0 Å². The van der Waals surface area contributed by atoms with Crippen molar-refractivity contribution in [2.24, 2.45) is 0 Å². The van der Waals surface area contributed by atoms with E-state index in [4.69, 9.17) is 0 Å². The Morgan fingerprint density at radius 1 is 0.315 bits per heavy atom. The molecular formula is C38H34N8O8. The van der Waals surface area contributed by atoms with Gasteiger partial charge in [0.15, 0.2) is 24.9 Å². The van der Waals surface area contributed by atoms with Crippen molar-refractivity contribution >= 4 is 69.1 Å². The summed E-state index contributed by atoms with van der Waals surface area (Å²) in [5.74, 6) is -2.78. The number of nitrogens with one attached hydrogen (secondary N) is 8. The topological polar surface area (TPSA) is 245 Å². The summed E-state index contributed by atoms with van der Waals surface area (Å²) in [4.78, 5) is 55.5. The molecule has 0 bridgehead atoms. The zero-order chi connectivity index (χ0) is 37.9. The standard InChI is InChI=1S/C38H34N8O8/c47-31-19-9-1-5-13-23(19)39-35(51)36(52)40-24-14-6-2-10-20(24)32(48)44-28-18-30-29(17-27(28)43-31)45-33(49)21-11-3-7-15-25(21)41-37(53)38(54)42-26-16-8-4-12-22(26)34(50)46-30/h1-18,35-42,51-54H,(H,43,47)(H,44,48)(H,45,49)(H,46,50). The first-order chi connectivity index (χ1) is 26.0. The first kappa shape index (κ1) is 35.4. The summed E-state index contributed by atoms with van der Waals surface area (Å²) >= 11 is 0. The lowest BCUT2D eigenvalue weighted by Crippen LogP contribution is -2.40. The first-order valence-corrected chi connectivity index (χ1v) is 16.6. The van der Waals surface area contributed by atoms with Gasteiger partial charge in [0.2, 0.25) is 0 Å². The zero-order valence-electron chi connectivity index (χ0n) is 28.1. The third-order valence-electron chi connectivity index (χ3n) is 8.65. The van der Waals surface area contributed by atoms with Gasteiger partial charge in [-0.15, -0.1) is 0 Å². The number of fused-ring (bicyclic) bond motifs is 6. The van der Waals surface area contributed by atoms with Crippen LogP contribution in [0.4, 0.5) is 45.5 Å². The molecule has 2 heterocycles. The fourth-order valence-electron chi connectivity index (χ4n) is 5.95. The van der Waals surface area contributed by atoms with Crippen molar-refractivity contribution in [2.75, 3.05) is 42.5 Å². The summed E-state index contributed by atoms with van der Waals surface area (Å²) in [5, 5.41) is 65.2. The summed E-state index contributed by atoms with van der Waals surface area (Å²) in [6, 6.07) is 27.6. The Morgan fingerprint density at radius 3 is 0.741 bits per heavy atom. The van der Waals surface area contributed by atoms with Gasteiger partial charge in [-0.1, -0.05) is 48.5 Å². The van der Waals surface area contributed by atoms with Gasteiger partial charge in [0.1, 0.15) is 0 Å². The summed E-state index contributed by atoms with van der Waals surface area (Å²) < 4.78 is 0. The normalized spacial score (nSPS) is 20.1. The molecule has 54 heavy (non-hydrogen) atoms. The number of benzene rings is 5. The van der Waals surface area contributed by atoms with Crippen molar-refractivity contribution < 1.29 is 39.6 Å². The van der Waals surface area contributed by atoms with Gasteiger partial charge >= 0.3 is 0 Å². The Labute approximate surface area is 307 Å². The molecular weight excluding hydrogens is 696 g/mol. The van der Waals surface area contributed by atoms with Gasteiger partial charge in [-0.3, -0.25) is 19.2 Å². The maximum Gasteiger partial charge on any atom is 0.257 e. The molecule has 274 valence electrons. The van der Waals surface area contributed by atoms with Gasteiger partial charge in [-0.05, 0) is 60.7 Å². The van der Waals surface area contributed by atoms with Crippen LogP contribution in [0.2, 0.25) is 0 Å². The molecule has 16 heteroatoms. The van der Waals surface area contributed by atoms with Crippen molar-refractivity contribution in [3.05, 3.63) is 131 Å². The number of aliphatic hydroxyl groups is 4. The fraction of sp³-hybridized carbons (Fsp3) is 0.105. The molecule has 12 N–H and O–H groups in total. The Balaban J connectivity index is 1.40. The van der Waals surface area contributed by atoms with Gasteiger partial charge < -0.3 is 63.0 Å². The summed E-state index contributed by atoms with van der Waals surface area (Å²) in [6.07, 6.45) is -6.50. The lowest BCUT2D eigenvalue weighted by atomic mass is 10.1. The van der Waals surface area contributed by atoms with E-state index < -0.39 is 48.5 Å². The second-order valence-corrected chi connectivity index (χ2v) is 12.3. The average molecular weight is 731 g/mol. The van der Waals surface area contributed by atoms with Crippen LogP contribution in [0, 0.1) is 0 Å². The SMILES string of the molecule is O=C1Nc2cc3c(cc2NC(=O)c2ccccc2NC(O)C(O)Nc2ccccc21)NC(=O)c1ccccc1NC(O)C(O)Nc1ccccc1C(=O)N3. The Hall–Kier alpha value is -6.98. The number of carbonyl (C=O) groups excluding carboxylic acids is 4. The predicted molar refractivity (Wildman–Crippen MR) is 203 cm³/mol. The predicted octanol–water partition coefficient (Wildman–Crippen LogP) is 3.64. The maximum absolute atomic E-state index is 13.9. The number of amides is 4. The molecule has 2 aliphatic rings. The van der Waals surface area contributed by atoms with E-state index in [1.807, 2.05) is 0 Å². The molecule has 0 spiro atoms. The molecule has 5 aromatic rings. The first-order valence-electron chi connectivity index (χ1n) is 16.6. The van der Waals surface area contributed by atoms with Crippen molar-refractivity contribution in [1.82, 2.24) is 0 Å². The van der Waals surface area contributed by atoms with Crippen LogP contribution < -0.4 is 42.5 Å². The van der Waals surface area contributed by atoms with Crippen LogP contribution in [0.3, 0.4) is 0 Å². The highest BCUT2D eigenvalue weighted by molar-refractivity contribution is 6.17. The molecule has 0 radical (unpaired) electrons. The van der Waals surface area contributed by atoms with Crippen molar-refractivity contribution in [3.8, 4) is 0 Å². The molecule has 0 saturated heterocycles. The highest BCUT2D eigenvalue weighted by Crippen LogP contribution is 2.37. The van der Waals surface area contributed by atoms with Gasteiger partial charge in [0.25, 0.3) is 23.6 Å². The van der Waals surface area contributed by atoms with E-state index >= 15 is 0 Å². The minimum Gasteiger partial charge on any atom is -0.369 e.